The van der Waals surface area contributed by atoms with Gasteiger partial charge in [-0.15, -0.1) is 0 Å². The summed E-state index contributed by atoms with van der Waals surface area (Å²) in [4.78, 5) is 27.7. The lowest BCUT2D eigenvalue weighted by atomic mass is 10.1. The van der Waals surface area contributed by atoms with Gasteiger partial charge in [-0.3, -0.25) is 9.59 Å². The second-order valence-electron chi connectivity index (χ2n) is 6.04. The third-order valence-corrected chi connectivity index (χ3v) is 4.10. The molecule has 6 nitrogen and oxygen atoms in total. The molecule has 1 unspecified atom stereocenters. The molecule has 1 aromatic carbocycles. The average molecular weight is 339 g/mol. The Morgan fingerprint density at radius 3 is 2.52 bits per heavy atom. The summed E-state index contributed by atoms with van der Waals surface area (Å²) in [5, 5.41) is 6.04. The molecule has 1 aromatic heterocycles. The number of amides is 1. The van der Waals surface area contributed by atoms with Gasteiger partial charge in [0.1, 0.15) is 5.69 Å². The van der Waals surface area contributed by atoms with Crippen LogP contribution in [0.2, 0.25) is 0 Å². The number of nitrogens with one attached hydrogen (secondary N) is 2. The molecule has 1 aliphatic heterocycles. The molecular formula is C19H21N3O3. The zero-order valence-electron chi connectivity index (χ0n) is 14.1. The number of hydrogen-bond acceptors (Lipinski definition) is 5. The average Bonchev–Trinajstić information content (AvgIpc) is 3.14. The van der Waals surface area contributed by atoms with Crippen LogP contribution < -0.4 is 10.6 Å². The van der Waals surface area contributed by atoms with Crippen molar-refractivity contribution in [2.75, 3.05) is 23.8 Å². The van der Waals surface area contributed by atoms with Gasteiger partial charge in [0.05, 0.1) is 18.0 Å². The number of anilines is 2. The maximum absolute atomic E-state index is 12.2. The SMILES string of the molecule is CC(=O)c1ccc(NC(=O)c2ccc(NCC3CCCO3)cn2)cc1. The predicted octanol–water partition coefficient (Wildman–Crippen LogP) is 3.13. The molecule has 2 aromatic rings. The van der Waals surface area contributed by atoms with Crippen LogP contribution in [-0.2, 0) is 4.74 Å². The maximum Gasteiger partial charge on any atom is 0.274 e. The third-order valence-electron chi connectivity index (χ3n) is 4.10. The van der Waals surface area contributed by atoms with Crippen LogP contribution in [0, 0.1) is 0 Å². The number of carbonyl (C=O) groups excluding carboxylic acids is 2. The van der Waals surface area contributed by atoms with Gasteiger partial charge in [0, 0.05) is 24.4 Å². The first-order valence-electron chi connectivity index (χ1n) is 8.36. The van der Waals surface area contributed by atoms with E-state index in [0.717, 1.165) is 31.7 Å². The van der Waals surface area contributed by atoms with Crippen molar-refractivity contribution in [2.24, 2.45) is 0 Å². The lowest BCUT2D eigenvalue weighted by molar-refractivity contribution is 0.101. The van der Waals surface area contributed by atoms with Crippen LogP contribution in [-0.4, -0.2) is 35.9 Å². The molecule has 3 rings (SSSR count). The molecular weight excluding hydrogens is 318 g/mol. The van der Waals surface area contributed by atoms with Crippen molar-refractivity contribution in [1.82, 2.24) is 4.98 Å². The van der Waals surface area contributed by atoms with Crippen LogP contribution in [0.5, 0.6) is 0 Å². The summed E-state index contributed by atoms with van der Waals surface area (Å²) in [5.74, 6) is -0.299. The van der Waals surface area contributed by atoms with Crippen molar-refractivity contribution in [3.05, 3.63) is 53.9 Å². The highest BCUT2D eigenvalue weighted by Crippen LogP contribution is 2.15. The van der Waals surface area contributed by atoms with Crippen molar-refractivity contribution in [3.63, 3.8) is 0 Å². The monoisotopic (exact) mass is 339 g/mol. The van der Waals surface area contributed by atoms with E-state index in [-0.39, 0.29) is 17.8 Å². The largest absolute Gasteiger partial charge is 0.381 e. The summed E-state index contributed by atoms with van der Waals surface area (Å²) in [7, 11) is 0. The second-order valence-corrected chi connectivity index (χ2v) is 6.04. The molecule has 0 bridgehead atoms. The Labute approximate surface area is 146 Å². The minimum atomic E-state index is -0.291. The molecule has 2 heterocycles. The van der Waals surface area contributed by atoms with E-state index >= 15 is 0 Å². The summed E-state index contributed by atoms with van der Waals surface area (Å²) in [6.07, 6.45) is 4.07. The molecule has 25 heavy (non-hydrogen) atoms. The van der Waals surface area contributed by atoms with Gasteiger partial charge in [-0.05, 0) is 56.2 Å². The number of aromatic nitrogens is 1. The Balaban J connectivity index is 1.55. The van der Waals surface area contributed by atoms with Gasteiger partial charge in [-0.1, -0.05) is 0 Å². The lowest BCUT2D eigenvalue weighted by Crippen LogP contribution is -2.19. The van der Waals surface area contributed by atoms with Crippen LogP contribution in [0.25, 0.3) is 0 Å². The van der Waals surface area contributed by atoms with Crippen molar-refractivity contribution >= 4 is 23.1 Å². The Kier molecular flexibility index (Phi) is 5.40. The van der Waals surface area contributed by atoms with Gasteiger partial charge in [0.25, 0.3) is 5.91 Å². The Bertz CT molecular complexity index is 736. The van der Waals surface area contributed by atoms with Gasteiger partial charge in [0.2, 0.25) is 0 Å². The van der Waals surface area contributed by atoms with E-state index in [1.807, 2.05) is 6.07 Å². The number of ketones is 1. The standard InChI is InChI=1S/C19H21N3O3/c1-13(23)14-4-6-15(7-5-14)22-19(24)18-9-8-16(11-21-18)20-12-17-3-2-10-25-17/h4-9,11,17,20H,2-3,10,12H2,1H3,(H,22,24). The first kappa shape index (κ1) is 17.1. The highest BCUT2D eigenvalue weighted by molar-refractivity contribution is 6.03. The summed E-state index contributed by atoms with van der Waals surface area (Å²) < 4.78 is 5.56. The minimum Gasteiger partial charge on any atom is -0.381 e. The molecule has 6 heteroatoms. The smallest absolute Gasteiger partial charge is 0.274 e. The number of carbonyl (C=O) groups is 2. The maximum atomic E-state index is 12.2. The molecule has 0 radical (unpaired) electrons. The molecule has 1 saturated heterocycles. The fourth-order valence-corrected chi connectivity index (χ4v) is 2.65. The first-order valence-corrected chi connectivity index (χ1v) is 8.36. The molecule has 0 saturated carbocycles. The van der Waals surface area contributed by atoms with Gasteiger partial charge >= 0.3 is 0 Å². The Morgan fingerprint density at radius 1 is 1.16 bits per heavy atom. The molecule has 130 valence electrons. The number of hydrogen-bond donors (Lipinski definition) is 2. The van der Waals surface area contributed by atoms with Crippen LogP contribution in [0.4, 0.5) is 11.4 Å². The van der Waals surface area contributed by atoms with Crippen molar-refractivity contribution in [2.45, 2.75) is 25.9 Å². The lowest BCUT2D eigenvalue weighted by Gasteiger charge is -2.12. The van der Waals surface area contributed by atoms with Crippen molar-refractivity contribution in [3.8, 4) is 0 Å². The highest BCUT2D eigenvalue weighted by atomic mass is 16.5. The Morgan fingerprint density at radius 2 is 1.92 bits per heavy atom. The quantitative estimate of drug-likeness (QED) is 0.790. The van der Waals surface area contributed by atoms with Crippen LogP contribution in [0.1, 0.15) is 40.6 Å². The molecule has 0 spiro atoms. The normalized spacial score (nSPS) is 16.4. The zero-order valence-corrected chi connectivity index (χ0v) is 14.1. The molecule has 1 aliphatic rings. The highest BCUT2D eigenvalue weighted by Gasteiger charge is 2.15. The number of benzene rings is 1. The summed E-state index contributed by atoms with van der Waals surface area (Å²) in [6, 6.07) is 10.3. The van der Waals surface area contributed by atoms with Crippen LogP contribution in [0.15, 0.2) is 42.6 Å². The minimum absolute atomic E-state index is 0.00867. The number of pyridine rings is 1. The van der Waals surface area contributed by atoms with Gasteiger partial charge in [-0.2, -0.15) is 0 Å². The van der Waals surface area contributed by atoms with E-state index in [2.05, 4.69) is 15.6 Å². The van der Waals surface area contributed by atoms with E-state index in [1.54, 1.807) is 36.5 Å². The first-order chi connectivity index (χ1) is 12.1. The summed E-state index contributed by atoms with van der Waals surface area (Å²) in [5.41, 5.74) is 2.42. The van der Waals surface area contributed by atoms with E-state index in [0.29, 0.717) is 16.9 Å². The number of Topliss-reactive ketones (excluding diaryl/α,β-unsaturated/α-hetero) is 1. The van der Waals surface area contributed by atoms with Crippen molar-refractivity contribution in [1.29, 1.82) is 0 Å². The van der Waals surface area contributed by atoms with Crippen LogP contribution in [0.3, 0.4) is 0 Å². The number of ether oxygens (including phenoxy) is 1. The van der Waals surface area contributed by atoms with E-state index in [4.69, 9.17) is 4.74 Å². The second kappa shape index (κ2) is 7.90. The van der Waals surface area contributed by atoms with E-state index in [9.17, 15) is 9.59 Å². The number of nitrogens with zero attached hydrogens (tertiary/aromatic N) is 1. The third kappa shape index (κ3) is 4.64. The molecule has 0 aliphatic carbocycles. The van der Waals surface area contributed by atoms with Gasteiger partial charge in [0.15, 0.2) is 5.78 Å². The van der Waals surface area contributed by atoms with E-state index < -0.39 is 0 Å². The van der Waals surface area contributed by atoms with Gasteiger partial charge < -0.3 is 15.4 Å². The van der Waals surface area contributed by atoms with Crippen LogP contribution >= 0.6 is 0 Å². The molecule has 2 N–H and O–H groups in total. The predicted molar refractivity (Wildman–Crippen MR) is 96.1 cm³/mol. The Hall–Kier alpha value is -2.73. The van der Waals surface area contributed by atoms with Gasteiger partial charge in [-0.25, -0.2) is 4.98 Å². The molecule has 1 atom stereocenters. The topological polar surface area (TPSA) is 80.3 Å². The number of rotatable bonds is 6. The van der Waals surface area contributed by atoms with Crippen molar-refractivity contribution < 1.29 is 14.3 Å². The zero-order chi connectivity index (χ0) is 17.6. The van der Waals surface area contributed by atoms with E-state index in [1.165, 1.54) is 6.92 Å². The summed E-state index contributed by atoms with van der Waals surface area (Å²) >= 11 is 0. The molecule has 1 fully saturated rings. The molecule has 1 amide bonds. The fourth-order valence-electron chi connectivity index (χ4n) is 2.65. The fraction of sp³-hybridized carbons (Fsp3) is 0.316. The summed E-state index contributed by atoms with van der Waals surface area (Å²) in [6.45, 7) is 3.08.